The van der Waals surface area contributed by atoms with Gasteiger partial charge in [0.15, 0.2) is 5.78 Å². The summed E-state index contributed by atoms with van der Waals surface area (Å²) in [7, 11) is 0. The first kappa shape index (κ1) is 13.5. The summed E-state index contributed by atoms with van der Waals surface area (Å²) in [5, 5.41) is -0.414. The van der Waals surface area contributed by atoms with Crippen molar-refractivity contribution in [2.45, 2.75) is 13.1 Å². The molecule has 6 heteroatoms. The van der Waals surface area contributed by atoms with Crippen molar-refractivity contribution in [2.24, 2.45) is 0 Å². The molecular formula is C10H7BrClF3O. The number of halogens is 5. The molecule has 0 saturated heterocycles. The van der Waals surface area contributed by atoms with Crippen LogP contribution >= 0.6 is 27.5 Å². The van der Waals surface area contributed by atoms with E-state index < -0.39 is 22.5 Å². The van der Waals surface area contributed by atoms with E-state index in [4.69, 9.17) is 11.6 Å². The van der Waals surface area contributed by atoms with Gasteiger partial charge in [-0.3, -0.25) is 4.79 Å². The lowest BCUT2D eigenvalue weighted by Gasteiger charge is -2.12. The lowest BCUT2D eigenvalue weighted by molar-refractivity contribution is -0.137. The van der Waals surface area contributed by atoms with E-state index >= 15 is 0 Å². The molecule has 0 saturated carbocycles. The van der Waals surface area contributed by atoms with Crippen LogP contribution in [0.2, 0.25) is 5.02 Å². The fourth-order valence-corrected chi connectivity index (χ4v) is 1.89. The van der Waals surface area contributed by atoms with Gasteiger partial charge in [-0.15, -0.1) is 0 Å². The van der Waals surface area contributed by atoms with Crippen LogP contribution in [0.3, 0.4) is 0 Å². The zero-order valence-corrected chi connectivity index (χ0v) is 10.5. The SMILES string of the molecule is Cc1cc(Cl)c(C(F)(F)F)cc1C(=O)CBr. The van der Waals surface area contributed by atoms with Crippen LogP contribution in [0.25, 0.3) is 0 Å². The first-order valence-corrected chi connectivity index (χ1v) is 5.74. The van der Waals surface area contributed by atoms with E-state index in [1.165, 1.54) is 0 Å². The van der Waals surface area contributed by atoms with Gasteiger partial charge in [0.1, 0.15) is 0 Å². The standard InChI is InChI=1S/C10H7BrClF3O/c1-5-2-8(12)7(10(13,14)15)3-6(5)9(16)4-11/h2-3H,4H2,1H3. The highest BCUT2D eigenvalue weighted by atomic mass is 79.9. The van der Waals surface area contributed by atoms with Crippen molar-refractivity contribution in [2.75, 3.05) is 5.33 Å². The lowest BCUT2D eigenvalue weighted by atomic mass is 10.0. The van der Waals surface area contributed by atoms with Crippen LogP contribution < -0.4 is 0 Å². The average Bonchev–Trinajstić information content (AvgIpc) is 2.14. The Morgan fingerprint density at radius 3 is 2.44 bits per heavy atom. The Labute approximate surface area is 104 Å². The number of alkyl halides is 4. The summed E-state index contributed by atoms with van der Waals surface area (Å²) >= 11 is 8.41. The maximum Gasteiger partial charge on any atom is 0.417 e. The van der Waals surface area contributed by atoms with Crippen LogP contribution in [0.15, 0.2) is 12.1 Å². The molecule has 0 N–H and O–H groups in total. The van der Waals surface area contributed by atoms with Crippen molar-refractivity contribution < 1.29 is 18.0 Å². The summed E-state index contributed by atoms with van der Waals surface area (Å²) in [6.45, 7) is 1.54. The molecule has 1 aromatic carbocycles. The van der Waals surface area contributed by atoms with Gasteiger partial charge in [0.2, 0.25) is 0 Å². The first-order chi connectivity index (χ1) is 7.27. The van der Waals surface area contributed by atoms with Crippen LogP contribution in [0.1, 0.15) is 21.5 Å². The van der Waals surface area contributed by atoms with Crippen molar-refractivity contribution in [3.05, 3.63) is 33.8 Å². The van der Waals surface area contributed by atoms with Gasteiger partial charge in [-0.1, -0.05) is 27.5 Å². The predicted octanol–water partition coefficient (Wildman–Crippen LogP) is 4.24. The molecule has 1 nitrogen and oxygen atoms in total. The number of aryl methyl sites for hydroxylation is 1. The van der Waals surface area contributed by atoms with Crippen LogP contribution in [-0.4, -0.2) is 11.1 Å². The third-order valence-corrected chi connectivity index (χ3v) is 2.86. The molecule has 0 radical (unpaired) electrons. The molecule has 0 aliphatic carbocycles. The number of benzene rings is 1. The quantitative estimate of drug-likeness (QED) is 0.589. The molecular weight excluding hydrogens is 308 g/mol. The van der Waals surface area contributed by atoms with E-state index in [0.717, 1.165) is 12.1 Å². The van der Waals surface area contributed by atoms with Crippen molar-refractivity contribution in [1.29, 1.82) is 0 Å². The second-order valence-corrected chi connectivity index (χ2v) is 4.17. The van der Waals surface area contributed by atoms with E-state index in [1.807, 2.05) is 0 Å². The Kier molecular flexibility index (Phi) is 4.02. The number of ketones is 1. The average molecular weight is 316 g/mol. The van der Waals surface area contributed by atoms with Gasteiger partial charge in [-0.05, 0) is 24.6 Å². The summed E-state index contributed by atoms with van der Waals surface area (Å²) in [4.78, 5) is 11.4. The molecule has 0 aliphatic heterocycles. The van der Waals surface area contributed by atoms with Gasteiger partial charge >= 0.3 is 6.18 Å². The summed E-state index contributed by atoms with van der Waals surface area (Å²) in [5.41, 5.74) is -0.514. The maximum atomic E-state index is 12.5. The van der Waals surface area contributed by atoms with Gasteiger partial charge in [0.25, 0.3) is 0 Å². The fraction of sp³-hybridized carbons (Fsp3) is 0.300. The van der Waals surface area contributed by atoms with Crippen LogP contribution in [0.4, 0.5) is 13.2 Å². The second kappa shape index (κ2) is 4.75. The first-order valence-electron chi connectivity index (χ1n) is 4.24. The zero-order chi connectivity index (χ0) is 12.5. The van der Waals surface area contributed by atoms with Gasteiger partial charge in [-0.2, -0.15) is 13.2 Å². The largest absolute Gasteiger partial charge is 0.417 e. The van der Waals surface area contributed by atoms with Gasteiger partial charge < -0.3 is 0 Å². The molecule has 0 heterocycles. The molecule has 0 aliphatic rings. The summed E-state index contributed by atoms with van der Waals surface area (Å²) < 4.78 is 37.6. The van der Waals surface area contributed by atoms with E-state index in [2.05, 4.69) is 15.9 Å². The van der Waals surface area contributed by atoms with E-state index in [-0.39, 0.29) is 10.9 Å². The Hall–Kier alpha value is -0.550. The number of hydrogen-bond acceptors (Lipinski definition) is 1. The Morgan fingerprint density at radius 1 is 1.44 bits per heavy atom. The number of carbonyl (C=O) groups is 1. The van der Waals surface area contributed by atoms with Crippen LogP contribution in [0, 0.1) is 6.92 Å². The Morgan fingerprint density at radius 2 is 2.00 bits per heavy atom. The molecule has 0 spiro atoms. The minimum absolute atomic E-state index is 0.0211. The molecule has 16 heavy (non-hydrogen) atoms. The van der Waals surface area contributed by atoms with Crippen molar-refractivity contribution in [3.8, 4) is 0 Å². The summed E-state index contributed by atoms with van der Waals surface area (Å²) in [6, 6.07) is 1.95. The number of carbonyl (C=O) groups excluding carboxylic acids is 1. The molecule has 1 aromatic rings. The highest BCUT2D eigenvalue weighted by Crippen LogP contribution is 2.36. The zero-order valence-electron chi connectivity index (χ0n) is 8.16. The fourth-order valence-electron chi connectivity index (χ4n) is 1.26. The van der Waals surface area contributed by atoms with Gasteiger partial charge in [0.05, 0.1) is 15.9 Å². The molecule has 1 rings (SSSR count). The minimum atomic E-state index is -4.55. The summed E-state index contributed by atoms with van der Waals surface area (Å²) in [5.74, 6) is -0.403. The van der Waals surface area contributed by atoms with Gasteiger partial charge in [-0.25, -0.2) is 0 Å². The Balaban J connectivity index is 3.39. The van der Waals surface area contributed by atoms with Crippen LogP contribution in [0.5, 0.6) is 0 Å². The van der Waals surface area contributed by atoms with Gasteiger partial charge in [0, 0.05) is 5.56 Å². The molecule has 88 valence electrons. The third kappa shape index (κ3) is 2.77. The number of rotatable bonds is 2. The highest BCUT2D eigenvalue weighted by Gasteiger charge is 2.34. The maximum absolute atomic E-state index is 12.5. The Bertz CT molecular complexity index is 429. The third-order valence-electron chi connectivity index (χ3n) is 2.04. The molecule has 0 atom stereocenters. The number of Topliss-reactive ketones (excluding diaryl/α,β-unsaturated/α-hetero) is 1. The highest BCUT2D eigenvalue weighted by molar-refractivity contribution is 9.09. The van der Waals surface area contributed by atoms with Crippen LogP contribution in [-0.2, 0) is 6.18 Å². The molecule has 0 amide bonds. The van der Waals surface area contributed by atoms with Crippen molar-refractivity contribution in [3.63, 3.8) is 0 Å². The molecule has 0 fully saturated rings. The molecule has 0 bridgehead atoms. The number of hydrogen-bond donors (Lipinski definition) is 0. The van der Waals surface area contributed by atoms with E-state index in [1.54, 1.807) is 6.92 Å². The molecule has 0 unspecified atom stereocenters. The normalized spacial score (nSPS) is 11.6. The van der Waals surface area contributed by atoms with E-state index in [9.17, 15) is 18.0 Å². The predicted molar refractivity (Wildman–Crippen MR) is 59.3 cm³/mol. The summed E-state index contributed by atoms with van der Waals surface area (Å²) in [6.07, 6.45) is -4.55. The second-order valence-electron chi connectivity index (χ2n) is 3.20. The van der Waals surface area contributed by atoms with Crippen molar-refractivity contribution >= 4 is 33.3 Å². The topological polar surface area (TPSA) is 17.1 Å². The minimum Gasteiger partial charge on any atom is -0.293 e. The van der Waals surface area contributed by atoms with E-state index in [0.29, 0.717) is 5.56 Å². The smallest absolute Gasteiger partial charge is 0.293 e. The monoisotopic (exact) mass is 314 g/mol. The van der Waals surface area contributed by atoms with Crippen molar-refractivity contribution in [1.82, 2.24) is 0 Å². The lowest BCUT2D eigenvalue weighted by Crippen LogP contribution is -2.10. The molecule has 0 aromatic heterocycles.